The molecule has 1 amide bonds. The third kappa shape index (κ3) is 5.07. The van der Waals surface area contributed by atoms with Gasteiger partial charge in [-0.2, -0.15) is 0 Å². The van der Waals surface area contributed by atoms with Gasteiger partial charge in [-0.1, -0.05) is 56.6 Å². The van der Waals surface area contributed by atoms with E-state index in [1.807, 2.05) is 32.0 Å². The molecule has 1 heterocycles. The molecule has 1 saturated carbocycles. The van der Waals surface area contributed by atoms with Gasteiger partial charge < -0.3 is 5.32 Å². The molecule has 0 spiro atoms. The van der Waals surface area contributed by atoms with Gasteiger partial charge in [0, 0.05) is 5.92 Å². The number of carbonyl (C=O) groups is 1. The first-order chi connectivity index (χ1) is 14.8. The van der Waals surface area contributed by atoms with Crippen molar-refractivity contribution in [1.82, 2.24) is 4.98 Å². The number of anilines is 2. The molecule has 164 valence electrons. The molecule has 4 rings (SSSR count). The molecule has 0 saturated heterocycles. The first-order valence-electron chi connectivity index (χ1n) is 10.7. The highest BCUT2D eigenvalue weighted by Gasteiger charge is 2.19. The van der Waals surface area contributed by atoms with Crippen molar-refractivity contribution in [2.45, 2.75) is 56.8 Å². The zero-order valence-corrected chi connectivity index (χ0v) is 19.4. The van der Waals surface area contributed by atoms with Gasteiger partial charge in [0.1, 0.15) is 0 Å². The van der Waals surface area contributed by atoms with Crippen LogP contribution in [0.5, 0.6) is 0 Å². The van der Waals surface area contributed by atoms with E-state index in [1.54, 1.807) is 24.3 Å². The summed E-state index contributed by atoms with van der Waals surface area (Å²) in [6.07, 6.45) is 6.14. The molecule has 2 aromatic carbocycles. The topological polar surface area (TPSA) is 88.2 Å². The summed E-state index contributed by atoms with van der Waals surface area (Å²) in [7, 11) is -3.70. The Kier molecular flexibility index (Phi) is 6.29. The average Bonchev–Trinajstić information content (AvgIpc) is 3.15. The molecule has 6 nitrogen and oxygen atoms in total. The van der Waals surface area contributed by atoms with E-state index in [4.69, 9.17) is 0 Å². The molecule has 0 radical (unpaired) electrons. The van der Waals surface area contributed by atoms with Crippen LogP contribution >= 0.6 is 11.3 Å². The van der Waals surface area contributed by atoms with Gasteiger partial charge in [0.05, 0.1) is 20.8 Å². The Morgan fingerprint density at radius 3 is 2.45 bits per heavy atom. The molecule has 1 aliphatic carbocycles. The number of nitrogens with one attached hydrogen (secondary N) is 2. The smallest absolute Gasteiger partial charge is 0.261 e. The summed E-state index contributed by atoms with van der Waals surface area (Å²) >= 11 is 1.36. The zero-order chi connectivity index (χ0) is 22.0. The SMILES string of the molecule is CC(C)C(=O)Nc1nc2cc(NS(=O)(=O)c3ccc(C4CCCCC4)cc3)ccc2s1. The summed E-state index contributed by atoms with van der Waals surface area (Å²) in [4.78, 5) is 16.5. The second kappa shape index (κ2) is 8.96. The Bertz CT molecular complexity index is 1180. The standard InChI is InChI=1S/C23H27N3O3S2/c1-15(2)22(27)25-23-24-20-14-18(10-13-21(20)30-23)26-31(28,29)19-11-8-17(9-12-19)16-6-4-3-5-7-16/h8-16,26H,3-7H2,1-2H3,(H,24,25,27). The number of benzene rings is 2. The van der Waals surface area contributed by atoms with Gasteiger partial charge in [-0.3, -0.25) is 9.52 Å². The maximum atomic E-state index is 12.9. The van der Waals surface area contributed by atoms with E-state index in [0.717, 1.165) is 4.70 Å². The van der Waals surface area contributed by atoms with Gasteiger partial charge in [-0.05, 0) is 54.7 Å². The van der Waals surface area contributed by atoms with Gasteiger partial charge >= 0.3 is 0 Å². The van der Waals surface area contributed by atoms with Crippen LogP contribution < -0.4 is 10.0 Å². The lowest BCUT2D eigenvalue weighted by Crippen LogP contribution is -2.17. The number of nitrogens with zero attached hydrogens (tertiary/aromatic N) is 1. The van der Waals surface area contributed by atoms with Crippen molar-refractivity contribution in [2.24, 2.45) is 5.92 Å². The molecule has 0 bridgehead atoms. The summed E-state index contributed by atoms with van der Waals surface area (Å²) in [5, 5.41) is 3.29. The lowest BCUT2D eigenvalue weighted by Gasteiger charge is -2.22. The van der Waals surface area contributed by atoms with Gasteiger partial charge in [-0.15, -0.1) is 0 Å². The monoisotopic (exact) mass is 457 g/mol. The molecule has 8 heteroatoms. The van der Waals surface area contributed by atoms with E-state index in [-0.39, 0.29) is 16.7 Å². The molecule has 3 aromatic rings. The molecule has 31 heavy (non-hydrogen) atoms. The second-order valence-corrected chi connectivity index (χ2v) is 11.1. The van der Waals surface area contributed by atoms with E-state index in [2.05, 4.69) is 15.0 Å². The Labute approximate surface area is 187 Å². The van der Waals surface area contributed by atoms with Crippen molar-refractivity contribution in [3.05, 3.63) is 48.0 Å². The number of fused-ring (bicyclic) bond motifs is 1. The second-order valence-electron chi connectivity index (χ2n) is 8.35. The van der Waals surface area contributed by atoms with Crippen LogP contribution in [-0.4, -0.2) is 19.3 Å². The Morgan fingerprint density at radius 2 is 1.77 bits per heavy atom. The minimum Gasteiger partial charge on any atom is -0.302 e. The minimum atomic E-state index is -3.70. The highest BCUT2D eigenvalue weighted by Crippen LogP contribution is 2.33. The van der Waals surface area contributed by atoms with Crippen molar-refractivity contribution < 1.29 is 13.2 Å². The highest BCUT2D eigenvalue weighted by atomic mass is 32.2. The first-order valence-corrected chi connectivity index (χ1v) is 13.0. The normalized spacial score (nSPS) is 15.3. The lowest BCUT2D eigenvalue weighted by atomic mass is 9.84. The van der Waals surface area contributed by atoms with Crippen molar-refractivity contribution in [2.75, 3.05) is 10.0 Å². The van der Waals surface area contributed by atoms with Crippen LogP contribution in [0.15, 0.2) is 47.4 Å². The molecule has 1 aromatic heterocycles. The number of hydrogen-bond donors (Lipinski definition) is 2. The summed E-state index contributed by atoms with van der Waals surface area (Å²) in [5.41, 5.74) is 2.30. The van der Waals surface area contributed by atoms with Crippen molar-refractivity contribution in [3.63, 3.8) is 0 Å². The van der Waals surface area contributed by atoms with Crippen LogP contribution in [0.4, 0.5) is 10.8 Å². The molecule has 0 unspecified atom stereocenters. The third-order valence-electron chi connectivity index (χ3n) is 5.66. The summed E-state index contributed by atoms with van der Waals surface area (Å²) < 4.78 is 29.2. The van der Waals surface area contributed by atoms with Crippen LogP contribution in [-0.2, 0) is 14.8 Å². The molecule has 0 atom stereocenters. The molecule has 2 N–H and O–H groups in total. The largest absolute Gasteiger partial charge is 0.302 e. The van der Waals surface area contributed by atoms with Gasteiger partial charge in [-0.25, -0.2) is 13.4 Å². The van der Waals surface area contributed by atoms with Gasteiger partial charge in [0.2, 0.25) is 5.91 Å². The van der Waals surface area contributed by atoms with E-state index in [9.17, 15) is 13.2 Å². The number of carbonyl (C=O) groups excluding carboxylic acids is 1. The Hall–Kier alpha value is -2.45. The Morgan fingerprint density at radius 1 is 1.06 bits per heavy atom. The third-order valence-corrected chi connectivity index (χ3v) is 8.01. The van der Waals surface area contributed by atoms with Crippen LogP contribution in [0.25, 0.3) is 10.2 Å². The molecular formula is C23H27N3O3S2. The maximum Gasteiger partial charge on any atom is 0.261 e. The van der Waals surface area contributed by atoms with Crippen LogP contribution in [0.2, 0.25) is 0 Å². The van der Waals surface area contributed by atoms with Gasteiger partial charge in [0.25, 0.3) is 10.0 Å². The van der Waals surface area contributed by atoms with Crippen LogP contribution in [0.1, 0.15) is 57.4 Å². The summed E-state index contributed by atoms with van der Waals surface area (Å²) in [5.74, 6) is 0.298. The highest BCUT2D eigenvalue weighted by molar-refractivity contribution is 7.92. The van der Waals surface area contributed by atoms with Crippen molar-refractivity contribution in [3.8, 4) is 0 Å². The first kappa shape index (κ1) is 21.8. The summed E-state index contributed by atoms with van der Waals surface area (Å²) in [6, 6.07) is 12.5. The van der Waals surface area contributed by atoms with E-state index >= 15 is 0 Å². The fourth-order valence-electron chi connectivity index (χ4n) is 3.86. The predicted molar refractivity (Wildman–Crippen MR) is 126 cm³/mol. The Balaban J connectivity index is 1.50. The average molecular weight is 458 g/mol. The number of hydrogen-bond acceptors (Lipinski definition) is 5. The number of sulfonamides is 1. The summed E-state index contributed by atoms with van der Waals surface area (Å²) in [6.45, 7) is 3.63. The predicted octanol–water partition coefficient (Wildman–Crippen LogP) is 5.74. The number of rotatable bonds is 6. The lowest BCUT2D eigenvalue weighted by molar-refractivity contribution is -0.118. The van der Waals surface area contributed by atoms with Gasteiger partial charge in [0.15, 0.2) is 5.13 Å². The minimum absolute atomic E-state index is 0.100. The maximum absolute atomic E-state index is 12.9. The number of thiazole rings is 1. The molecule has 1 fully saturated rings. The van der Waals surface area contributed by atoms with E-state index in [1.165, 1.54) is 49.0 Å². The zero-order valence-electron chi connectivity index (χ0n) is 17.7. The fourth-order valence-corrected chi connectivity index (χ4v) is 5.76. The number of aromatic nitrogens is 1. The quantitative estimate of drug-likeness (QED) is 0.494. The van der Waals surface area contributed by atoms with Crippen molar-refractivity contribution >= 4 is 48.3 Å². The number of amides is 1. The fraction of sp³-hybridized carbons (Fsp3) is 0.391. The molecular weight excluding hydrogens is 430 g/mol. The molecule has 1 aliphatic rings. The van der Waals surface area contributed by atoms with Crippen molar-refractivity contribution in [1.29, 1.82) is 0 Å². The van der Waals surface area contributed by atoms with Crippen LogP contribution in [0.3, 0.4) is 0 Å². The van der Waals surface area contributed by atoms with E-state index < -0.39 is 10.0 Å². The molecule has 0 aliphatic heterocycles. The van der Waals surface area contributed by atoms with Crippen LogP contribution in [0, 0.1) is 5.92 Å². The van der Waals surface area contributed by atoms with E-state index in [0.29, 0.717) is 22.3 Å².